The predicted molar refractivity (Wildman–Crippen MR) is 63.8 cm³/mol. The first-order valence-electron chi connectivity index (χ1n) is 5.26. The van der Waals surface area contributed by atoms with Gasteiger partial charge in [-0.2, -0.15) is 0 Å². The van der Waals surface area contributed by atoms with E-state index >= 15 is 0 Å². The lowest BCUT2D eigenvalue weighted by Crippen LogP contribution is -2.00. The summed E-state index contributed by atoms with van der Waals surface area (Å²) in [6, 6.07) is 7.56. The van der Waals surface area contributed by atoms with Crippen molar-refractivity contribution in [2.45, 2.75) is 20.3 Å². The first-order valence-corrected chi connectivity index (χ1v) is 5.26. The van der Waals surface area contributed by atoms with Crippen molar-refractivity contribution in [1.82, 2.24) is 15.0 Å². The van der Waals surface area contributed by atoms with Gasteiger partial charge in [0.05, 0.1) is 0 Å². The Kier molecular flexibility index (Phi) is 2.81. The summed E-state index contributed by atoms with van der Waals surface area (Å²) >= 11 is 0. The molecule has 0 aromatic carbocycles. The molecule has 0 aliphatic heterocycles. The number of hydrogen-bond acceptors (Lipinski definition) is 4. The second-order valence-electron chi connectivity index (χ2n) is 3.63. The van der Waals surface area contributed by atoms with Crippen molar-refractivity contribution < 1.29 is 0 Å². The summed E-state index contributed by atoms with van der Waals surface area (Å²) < 4.78 is 0. The number of nitrogens with zero attached hydrogens (tertiary/aromatic N) is 3. The van der Waals surface area contributed by atoms with E-state index in [0.29, 0.717) is 11.6 Å². The molecule has 0 bridgehead atoms. The summed E-state index contributed by atoms with van der Waals surface area (Å²) in [5, 5.41) is 0. The highest BCUT2D eigenvalue weighted by Gasteiger charge is 2.05. The van der Waals surface area contributed by atoms with E-state index in [1.807, 2.05) is 32.0 Å². The van der Waals surface area contributed by atoms with Crippen LogP contribution in [0.15, 0.2) is 24.3 Å². The van der Waals surface area contributed by atoms with Crippen LogP contribution in [-0.4, -0.2) is 15.0 Å². The van der Waals surface area contributed by atoms with Crippen LogP contribution in [0, 0.1) is 6.92 Å². The van der Waals surface area contributed by atoms with Crippen molar-refractivity contribution in [1.29, 1.82) is 0 Å². The number of nitrogen functional groups attached to an aromatic ring is 1. The average Bonchev–Trinajstić information content (AvgIpc) is 2.28. The molecule has 0 saturated carbocycles. The van der Waals surface area contributed by atoms with Crippen molar-refractivity contribution in [3.63, 3.8) is 0 Å². The minimum absolute atomic E-state index is 0.491. The van der Waals surface area contributed by atoms with Crippen molar-refractivity contribution in [2.24, 2.45) is 0 Å². The molecular formula is C12H14N4. The van der Waals surface area contributed by atoms with Gasteiger partial charge in [0, 0.05) is 17.5 Å². The summed E-state index contributed by atoms with van der Waals surface area (Å²) in [4.78, 5) is 13.0. The van der Waals surface area contributed by atoms with Crippen molar-refractivity contribution in [3.8, 4) is 11.5 Å². The van der Waals surface area contributed by atoms with Crippen LogP contribution in [0.25, 0.3) is 11.5 Å². The van der Waals surface area contributed by atoms with E-state index in [2.05, 4.69) is 15.0 Å². The Morgan fingerprint density at radius 1 is 1.19 bits per heavy atom. The second kappa shape index (κ2) is 4.26. The second-order valence-corrected chi connectivity index (χ2v) is 3.63. The van der Waals surface area contributed by atoms with Gasteiger partial charge in [-0.15, -0.1) is 0 Å². The van der Waals surface area contributed by atoms with Crippen molar-refractivity contribution in [2.75, 3.05) is 5.73 Å². The molecular weight excluding hydrogens is 200 g/mol. The molecule has 0 atom stereocenters. The lowest BCUT2D eigenvalue weighted by molar-refractivity contribution is 0.999. The molecule has 0 spiro atoms. The lowest BCUT2D eigenvalue weighted by atomic mass is 10.2. The Balaban J connectivity index is 2.51. The Morgan fingerprint density at radius 2 is 2.00 bits per heavy atom. The van der Waals surface area contributed by atoms with Gasteiger partial charge in [-0.1, -0.05) is 13.0 Å². The van der Waals surface area contributed by atoms with Crippen LogP contribution in [0.5, 0.6) is 0 Å². The summed E-state index contributed by atoms with van der Waals surface area (Å²) in [6.45, 7) is 3.98. The standard InChI is InChI=1S/C12H14N4/c1-3-9-7-11(13)16-12(15-9)10-6-4-5-8(2)14-10/h4-7H,3H2,1-2H3,(H2,13,15,16). The van der Waals surface area contributed by atoms with Crippen LogP contribution >= 0.6 is 0 Å². The fourth-order valence-electron chi connectivity index (χ4n) is 1.48. The van der Waals surface area contributed by atoms with Crippen LogP contribution in [0.4, 0.5) is 5.82 Å². The number of anilines is 1. The first kappa shape index (κ1) is 10.5. The highest BCUT2D eigenvalue weighted by Crippen LogP contribution is 2.15. The van der Waals surface area contributed by atoms with Crippen LogP contribution < -0.4 is 5.73 Å². The van der Waals surface area contributed by atoms with Gasteiger partial charge in [0.15, 0.2) is 5.82 Å². The Morgan fingerprint density at radius 3 is 2.69 bits per heavy atom. The van der Waals surface area contributed by atoms with E-state index in [4.69, 9.17) is 5.73 Å². The van der Waals surface area contributed by atoms with E-state index in [-0.39, 0.29) is 0 Å². The molecule has 82 valence electrons. The molecule has 4 nitrogen and oxygen atoms in total. The fraction of sp³-hybridized carbons (Fsp3) is 0.250. The Labute approximate surface area is 94.6 Å². The average molecular weight is 214 g/mol. The molecule has 2 aromatic heterocycles. The molecule has 16 heavy (non-hydrogen) atoms. The smallest absolute Gasteiger partial charge is 0.180 e. The van der Waals surface area contributed by atoms with Crippen LogP contribution in [0.3, 0.4) is 0 Å². The summed E-state index contributed by atoms with van der Waals surface area (Å²) in [6.07, 6.45) is 0.839. The number of nitrogens with two attached hydrogens (primary N) is 1. The molecule has 2 aromatic rings. The SMILES string of the molecule is CCc1cc(N)nc(-c2cccc(C)n2)n1. The first-order chi connectivity index (χ1) is 7.69. The molecule has 2 rings (SSSR count). The van der Waals surface area contributed by atoms with E-state index in [0.717, 1.165) is 23.5 Å². The highest BCUT2D eigenvalue weighted by molar-refractivity contribution is 5.52. The van der Waals surface area contributed by atoms with Gasteiger partial charge in [0.2, 0.25) is 0 Å². The topological polar surface area (TPSA) is 64.7 Å². The van der Waals surface area contributed by atoms with Gasteiger partial charge in [-0.3, -0.25) is 0 Å². The molecule has 0 aliphatic rings. The number of pyridine rings is 1. The number of hydrogen-bond donors (Lipinski definition) is 1. The minimum atomic E-state index is 0.491. The number of aryl methyl sites for hydroxylation is 2. The number of aromatic nitrogens is 3. The highest BCUT2D eigenvalue weighted by atomic mass is 15.0. The molecule has 0 fully saturated rings. The predicted octanol–water partition coefficient (Wildman–Crippen LogP) is 1.99. The van der Waals surface area contributed by atoms with Gasteiger partial charge < -0.3 is 5.73 Å². The third-order valence-electron chi connectivity index (χ3n) is 2.28. The number of rotatable bonds is 2. The largest absolute Gasteiger partial charge is 0.384 e. The Bertz CT molecular complexity index is 508. The molecule has 0 aliphatic carbocycles. The van der Waals surface area contributed by atoms with Gasteiger partial charge in [-0.05, 0) is 25.5 Å². The maximum Gasteiger partial charge on any atom is 0.180 e. The third-order valence-corrected chi connectivity index (χ3v) is 2.28. The van der Waals surface area contributed by atoms with Gasteiger partial charge in [-0.25, -0.2) is 15.0 Å². The third kappa shape index (κ3) is 2.16. The normalized spacial score (nSPS) is 10.4. The minimum Gasteiger partial charge on any atom is -0.384 e. The summed E-state index contributed by atoms with van der Waals surface area (Å²) in [7, 11) is 0. The van der Waals surface area contributed by atoms with E-state index in [1.54, 1.807) is 6.07 Å². The molecule has 0 radical (unpaired) electrons. The molecule has 2 N–H and O–H groups in total. The monoisotopic (exact) mass is 214 g/mol. The zero-order valence-corrected chi connectivity index (χ0v) is 9.44. The fourth-order valence-corrected chi connectivity index (χ4v) is 1.48. The maximum absolute atomic E-state index is 5.73. The summed E-state index contributed by atoms with van der Waals surface area (Å²) in [5.41, 5.74) is 8.38. The van der Waals surface area contributed by atoms with Crippen LogP contribution in [0.2, 0.25) is 0 Å². The zero-order chi connectivity index (χ0) is 11.5. The maximum atomic E-state index is 5.73. The van der Waals surface area contributed by atoms with Gasteiger partial charge in [0.25, 0.3) is 0 Å². The quantitative estimate of drug-likeness (QED) is 0.830. The molecule has 0 saturated heterocycles. The zero-order valence-electron chi connectivity index (χ0n) is 9.44. The van der Waals surface area contributed by atoms with E-state index in [1.165, 1.54) is 0 Å². The van der Waals surface area contributed by atoms with Gasteiger partial charge in [0.1, 0.15) is 11.5 Å². The van der Waals surface area contributed by atoms with E-state index in [9.17, 15) is 0 Å². The lowest BCUT2D eigenvalue weighted by Gasteiger charge is -2.04. The Hall–Kier alpha value is -1.97. The summed E-state index contributed by atoms with van der Waals surface area (Å²) in [5.74, 6) is 1.09. The van der Waals surface area contributed by atoms with Crippen LogP contribution in [-0.2, 0) is 6.42 Å². The van der Waals surface area contributed by atoms with Crippen LogP contribution in [0.1, 0.15) is 18.3 Å². The molecule has 2 heterocycles. The molecule has 0 amide bonds. The molecule has 4 heteroatoms. The van der Waals surface area contributed by atoms with E-state index < -0.39 is 0 Å². The van der Waals surface area contributed by atoms with Crippen molar-refractivity contribution >= 4 is 5.82 Å². The van der Waals surface area contributed by atoms with Crippen molar-refractivity contribution in [3.05, 3.63) is 35.7 Å². The van der Waals surface area contributed by atoms with Gasteiger partial charge >= 0.3 is 0 Å². The molecule has 0 unspecified atom stereocenters.